The van der Waals surface area contributed by atoms with E-state index in [4.69, 9.17) is 17.2 Å². The minimum Gasteiger partial charge on any atom is -0.370 e. The fraction of sp³-hybridized carbons (Fsp3) is 0.615. The molecule has 4 bridgehead atoms. The van der Waals surface area contributed by atoms with Gasteiger partial charge in [-0.3, -0.25) is 19.4 Å². The van der Waals surface area contributed by atoms with E-state index in [1.54, 1.807) is 0 Å². The van der Waals surface area contributed by atoms with Crippen molar-refractivity contribution in [1.29, 1.82) is 0 Å². The lowest BCUT2D eigenvalue weighted by Gasteiger charge is -2.55. The Balaban J connectivity index is 0.00000361. The Morgan fingerprint density at radius 2 is 1.50 bits per heavy atom. The lowest BCUT2D eigenvalue weighted by molar-refractivity contribution is -0.148. The normalized spacial score (nSPS) is 27.3. The Morgan fingerprint density at radius 1 is 0.917 bits per heavy atom. The first-order valence-electron chi connectivity index (χ1n) is 12.7. The van der Waals surface area contributed by atoms with Crippen molar-refractivity contribution < 1.29 is 14.4 Å². The first kappa shape index (κ1) is 27.8. The van der Waals surface area contributed by atoms with Crippen LogP contribution in [0.2, 0.25) is 0 Å². The van der Waals surface area contributed by atoms with E-state index >= 15 is 0 Å². The Kier molecular flexibility index (Phi) is 9.22. The molecule has 0 aliphatic heterocycles. The van der Waals surface area contributed by atoms with Gasteiger partial charge in [-0.25, -0.2) is 0 Å². The molecule has 1 aromatic carbocycles. The minimum atomic E-state index is -0.874. The molecule has 4 aliphatic rings. The summed E-state index contributed by atoms with van der Waals surface area (Å²) in [5, 5.41) is 5.84. The summed E-state index contributed by atoms with van der Waals surface area (Å²) in [6.07, 6.45) is 7.57. The van der Waals surface area contributed by atoms with E-state index in [0.29, 0.717) is 37.1 Å². The summed E-state index contributed by atoms with van der Waals surface area (Å²) in [6.45, 7) is 0.350. The number of hydrogen-bond donors (Lipinski definition) is 5. The fourth-order valence-electron chi connectivity index (χ4n) is 6.82. The van der Waals surface area contributed by atoms with Crippen LogP contribution in [-0.4, -0.2) is 42.3 Å². The predicted molar refractivity (Wildman–Crippen MR) is 141 cm³/mol. The van der Waals surface area contributed by atoms with Gasteiger partial charge in [-0.1, -0.05) is 30.3 Å². The molecule has 0 heterocycles. The van der Waals surface area contributed by atoms with Crippen molar-refractivity contribution >= 4 is 36.1 Å². The zero-order chi connectivity index (χ0) is 25.0. The molecule has 10 heteroatoms. The molecule has 4 saturated carbocycles. The van der Waals surface area contributed by atoms with Crippen molar-refractivity contribution in [2.45, 2.75) is 69.9 Å². The number of hydrogen-bond acceptors (Lipinski definition) is 4. The maximum absolute atomic E-state index is 13.6. The van der Waals surface area contributed by atoms with Crippen LogP contribution in [0.4, 0.5) is 0 Å². The topological polar surface area (TPSA) is 166 Å². The average Bonchev–Trinajstić information content (AvgIpc) is 2.80. The number of nitrogens with two attached hydrogens (primary N) is 3. The second-order valence-corrected chi connectivity index (χ2v) is 10.8. The minimum absolute atomic E-state index is 0. The molecule has 1 unspecified atom stereocenters. The highest BCUT2D eigenvalue weighted by Gasteiger charge is 2.55. The molecule has 1 aromatic rings. The third-order valence-corrected chi connectivity index (χ3v) is 8.03. The summed E-state index contributed by atoms with van der Waals surface area (Å²) < 4.78 is 0. The van der Waals surface area contributed by atoms with Gasteiger partial charge >= 0.3 is 0 Å². The van der Waals surface area contributed by atoms with E-state index < -0.39 is 23.9 Å². The number of primary amides is 1. The number of nitrogens with one attached hydrogen (secondary N) is 2. The number of carbonyl (C=O) groups is 3. The fourth-order valence-corrected chi connectivity index (χ4v) is 6.82. The molecule has 36 heavy (non-hydrogen) atoms. The van der Waals surface area contributed by atoms with Crippen LogP contribution in [0.1, 0.15) is 56.9 Å². The van der Waals surface area contributed by atoms with Gasteiger partial charge in [0, 0.05) is 18.4 Å². The van der Waals surface area contributed by atoms with Crippen LogP contribution in [0, 0.1) is 23.2 Å². The second-order valence-electron chi connectivity index (χ2n) is 10.8. The third kappa shape index (κ3) is 6.69. The number of rotatable bonds is 11. The van der Waals surface area contributed by atoms with Crippen molar-refractivity contribution in [1.82, 2.24) is 10.6 Å². The molecule has 0 saturated heterocycles. The Morgan fingerprint density at radius 3 is 2.03 bits per heavy atom. The number of aliphatic imine (C=N–C) groups is 1. The van der Waals surface area contributed by atoms with Crippen LogP contribution in [0.3, 0.4) is 0 Å². The third-order valence-electron chi connectivity index (χ3n) is 8.03. The summed E-state index contributed by atoms with van der Waals surface area (Å²) in [4.78, 5) is 43.0. The van der Waals surface area contributed by atoms with E-state index in [1.807, 2.05) is 30.3 Å². The monoisotopic (exact) mass is 518 g/mol. The van der Waals surface area contributed by atoms with E-state index in [0.717, 1.165) is 24.8 Å². The molecule has 198 valence electrons. The molecule has 4 fully saturated rings. The van der Waals surface area contributed by atoms with Gasteiger partial charge in [-0.2, -0.15) is 0 Å². The summed E-state index contributed by atoms with van der Waals surface area (Å²) in [6, 6.07) is 7.71. The van der Waals surface area contributed by atoms with E-state index in [-0.39, 0.29) is 36.1 Å². The number of halogens is 1. The molecule has 0 radical (unpaired) electrons. The van der Waals surface area contributed by atoms with Gasteiger partial charge in [-0.05, 0) is 74.7 Å². The molecule has 8 N–H and O–H groups in total. The van der Waals surface area contributed by atoms with E-state index in [9.17, 15) is 14.4 Å². The second kappa shape index (κ2) is 12.0. The SMILES string of the molecule is Cl.NC(=O)C(Cc1ccccc1)NC(=O)[C@H](CCCN=C(N)N)NC(=O)C12CC3CC(CC(C3)C1)C2. The number of amides is 3. The van der Waals surface area contributed by atoms with Crippen molar-refractivity contribution in [3.8, 4) is 0 Å². The maximum atomic E-state index is 13.6. The smallest absolute Gasteiger partial charge is 0.243 e. The van der Waals surface area contributed by atoms with Crippen LogP contribution in [0.25, 0.3) is 0 Å². The van der Waals surface area contributed by atoms with Gasteiger partial charge in [0.2, 0.25) is 17.7 Å². The molecule has 0 aromatic heterocycles. The van der Waals surface area contributed by atoms with Gasteiger partial charge in [0.25, 0.3) is 0 Å². The number of guanidine groups is 1. The highest BCUT2D eigenvalue weighted by molar-refractivity contribution is 5.93. The van der Waals surface area contributed by atoms with Crippen LogP contribution < -0.4 is 27.8 Å². The van der Waals surface area contributed by atoms with Crippen LogP contribution >= 0.6 is 12.4 Å². The van der Waals surface area contributed by atoms with Gasteiger partial charge in [0.05, 0.1) is 0 Å². The number of carbonyl (C=O) groups excluding carboxylic acids is 3. The van der Waals surface area contributed by atoms with Gasteiger partial charge < -0.3 is 27.8 Å². The molecular formula is C26H39ClN6O3. The van der Waals surface area contributed by atoms with Gasteiger partial charge in [0.15, 0.2) is 5.96 Å². The molecule has 2 atom stereocenters. The molecule has 0 spiro atoms. The van der Waals surface area contributed by atoms with Crippen molar-refractivity contribution in [2.75, 3.05) is 6.54 Å². The quantitative estimate of drug-likeness (QED) is 0.169. The number of nitrogens with zero attached hydrogens (tertiary/aromatic N) is 1. The Labute approximate surface area is 218 Å². The predicted octanol–water partition coefficient (Wildman–Crippen LogP) is 1.38. The molecule has 9 nitrogen and oxygen atoms in total. The van der Waals surface area contributed by atoms with Gasteiger partial charge in [-0.15, -0.1) is 12.4 Å². The zero-order valence-electron chi connectivity index (χ0n) is 20.7. The van der Waals surface area contributed by atoms with Gasteiger partial charge in [0.1, 0.15) is 12.1 Å². The van der Waals surface area contributed by atoms with Crippen LogP contribution in [0.5, 0.6) is 0 Å². The summed E-state index contributed by atoms with van der Waals surface area (Å²) >= 11 is 0. The molecule has 4 aliphatic carbocycles. The van der Waals surface area contributed by atoms with Crippen molar-refractivity contribution in [3.63, 3.8) is 0 Å². The van der Waals surface area contributed by atoms with E-state index in [1.165, 1.54) is 19.3 Å². The first-order valence-corrected chi connectivity index (χ1v) is 12.7. The lowest BCUT2D eigenvalue weighted by Crippen LogP contribution is -2.58. The Bertz CT molecular complexity index is 930. The first-order chi connectivity index (χ1) is 16.7. The van der Waals surface area contributed by atoms with Crippen molar-refractivity contribution in [2.24, 2.45) is 45.4 Å². The summed E-state index contributed by atoms with van der Waals surface area (Å²) in [7, 11) is 0. The highest BCUT2D eigenvalue weighted by Crippen LogP contribution is 2.60. The maximum Gasteiger partial charge on any atom is 0.243 e. The largest absolute Gasteiger partial charge is 0.370 e. The molecular weight excluding hydrogens is 480 g/mol. The summed E-state index contributed by atoms with van der Waals surface area (Å²) in [5.41, 5.74) is 17.0. The summed E-state index contributed by atoms with van der Waals surface area (Å²) in [5.74, 6) is 0.780. The molecule has 5 rings (SSSR count). The standard InChI is InChI=1S/C26H38N6O3.ClH/c27-22(33)21(12-16-5-2-1-3-6-16)31-23(34)20(7-4-8-30-25(28)29)32-24(35)26-13-17-9-18(14-26)11-19(10-17)15-26;/h1-3,5-6,17-21H,4,7-15H2,(H2,27,33)(H,31,34)(H,32,35)(H4,28,29,30);1H/t17?,18?,19?,20-,21?,26?;/m0./s1. The Hall–Kier alpha value is -2.81. The lowest BCUT2D eigenvalue weighted by atomic mass is 9.49. The van der Waals surface area contributed by atoms with E-state index in [2.05, 4.69) is 15.6 Å². The zero-order valence-corrected chi connectivity index (χ0v) is 21.5. The van der Waals surface area contributed by atoms with Crippen LogP contribution in [-0.2, 0) is 20.8 Å². The average molecular weight is 519 g/mol. The highest BCUT2D eigenvalue weighted by atomic mass is 35.5. The number of benzene rings is 1. The van der Waals surface area contributed by atoms with Crippen molar-refractivity contribution in [3.05, 3.63) is 35.9 Å². The van der Waals surface area contributed by atoms with Crippen LogP contribution in [0.15, 0.2) is 35.3 Å². The molecule has 3 amide bonds.